The van der Waals surface area contributed by atoms with E-state index in [9.17, 15) is 18.0 Å². The van der Waals surface area contributed by atoms with E-state index in [1.165, 1.54) is 4.31 Å². The van der Waals surface area contributed by atoms with Crippen LogP contribution in [-0.4, -0.2) is 50.0 Å². The fourth-order valence-electron chi connectivity index (χ4n) is 4.66. The summed E-state index contributed by atoms with van der Waals surface area (Å²) in [6.07, 6.45) is 2.49. The number of hydrogen-bond donors (Lipinski definition) is 1. The summed E-state index contributed by atoms with van der Waals surface area (Å²) < 4.78 is 26.7. The van der Waals surface area contributed by atoms with Crippen molar-refractivity contribution in [3.63, 3.8) is 0 Å². The van der Waals surface area contributed by atoms with Crippen molar-refractivity contribution in [2.45, 2.75) is 65.1 Å². The molecule has 2 atom stereocenters. The van der Waals surface area contributed by atoms with Crippen LogP contribution in [0.3, 0.4) is 0 Å². The first kappa shape index (κ1) is 33.4. The molecule has 3 aromatic rings. The van der Waals surface area contributed by atoms with E-state index in [1.54, 1.807) is 35.2 Å². The first-order chi connectivity index (χ1) is 19.9. The molecule has 3 aromatic carbocycles. The number of anilines is 1. The molecule has 0 fully saturated rings. The summed E-state index contributed by atoms with van der Waals surface area (Å²) in [4.78, 5) is 29.2. The highest BCUT2D eigenvalue weighted by Crippen LogP contribution is 2.27. The van der Waals surface area contributed by atoms with Gasteiger partial charge in [0.05, 0.1) is 11.9 Å². The molecule has 0 aliphatic rings. The molecule has 0 spiro atoms. The van der Waals surface area contributed by atoms with E-state index in [-0.39, 0.29) is 43.8 Å². The van der Waals surface area contributed by atoms with E-state index in [1.807, 2.05) is 63.2 Å². The molecule has 1 N–H and O–H groups in total. The molecular weight excluding hydrogens is 593 g/mol. The molecule has 0 aliphatic heterocycles. The lowest BCUT2D eigenvalue weighted by Gasteiger charge is -2.33. The lowest BCUT2D eigenvalue weighted by molar-refractivity contribution is -0.141. The van der Waals surface area contributed by atoms with Crippen LogP contribution in [0.5, 0.6) is 0 Å². The number of aryl methyl sites for hydroxylation is 1. The number of hydrogen-bond acceptors (Lipinski definition) is 4. The van der Waals surface area contributed by atoms with Gasteiger partial charge in [0.2, 0.25) is 21.8 Å². The highest BCUT2D eigenvalue weighted by atomic mass is 35.5. The van der Waals surface area contributed by atoms with Gasteiger partial charge in [-0.05, 0) is 67.6 Å². The van der Waals surface area contributed by atoms with Crippen LogP contribution in [-0.2, 0) is 32.6 Å². The van der Waals surface area contributed by atoms with Gasteiger partial charge in [-0.15, -0.1) is 0 Å². The number of halogens is 2. The number of rotatable bonds is 14. The minimum atomic E-state index is -3.64. The van der Waals surface area contributed by atoms with Gasteiger partial charge in [0.15, 0.2) is 0 Å². The topological polar surface area (TPSA) is 86.8 Å². The average molecular weight is 633 g/mol. The van der Waals surface area contributed by atoms with E-state index in [0.717, 1.165) is 29.4 Å². The van der Waals surface area contributed by atoms with Gasteiger partial charge in [0.25, 0.3) is 0 Å². The summed E-state index contributed by atoms with van der Waals surface area (Å²) in [5.74, 6) is -0.498. The minimum absolute atomic E-state index is 0.0358. The molecule has 0 heterocycles. The van der Waals surface area contributed by atoms with Crippen LogP contribution in [0.1, 0.15) is 49.8 Å². The maximum Gasteiger partial charge on any atom is 0.243 e. The van der Waals surface area contributed by atoms with Gasteiger partial charge in [-0.2, -0.15) is 0 Å². The number of amides is 2. The van der Waals surface area contributed by atoms with Crippen molar-refractivity contribution in [3.05, 3.63) is 99.5 Å². The lowest BCUT2D eigenvalue weighted by atomic mass is 10.0. The van der Waals surface area contributed by atoms with E-state index in [4.69, 9.17) is 23.2 Å². The maximum atomic E-state index is 13.9. The van der Waals surface area contributed by atoms with Gasteiger partial charge in [0, 0.05) is 42.0 Å². The zero-order valence-electron chi connectivity index (χ0n) is 24.5. The molecule has 0 aromatic heterocycles. The molecule has 0 saturated carbocycles. The molecule has 0 bridgehead atoms. The summed E-state index contributed by atoms with van der Waals surface area (Å²) in [7, 11) is -3.64. The van der Waals surface area contributed by atoms with E-state index < -0.39 is 16.1 Å². The molecule has 0 saturated heterocycles. The quantitative estimate of drug-likeness (QED) is 0.223. The van der Waals surface area contributed by atoms with Gasteiger partial charge in [-0.3, -0.25) is 13.9 Å². The Labute approximate surface area is 259 Å². The van der Waals surface area contributed by atoms with Crippen molar-refractivity contribution in [1.82, 2.24) is 10.2 Å². The molecular formula is C32H39Cl2N3O4S. The summed E-state index contributed by atoms with van der Waals surface area (Å²) in [6.45, 7) is 5.98. The molecule has 226 valence electrons. The Morgan fingerprint density at radius 1 is 0.929 bits per heavy atom. The fraction of sp³-hybridized carbons (Fsp3) is 0.375. The van der Waals surface area contributed by atoms with Gasteiger partial charge < -0.3 is 10.2 Å². The normalized spacial score (nSPS) is 12.8. The number of carbonyl (C=O) groups excluding carboxylic acids is 2. The number of sulfonamides is 1. The first-order valence-corrected chi connectivity index (χ1v) is 16.6. The van der Waals surface area contributed by atoms with Gasteiger partial charge in [-0.1, -0.05) is 78.7 Å². The molecule has 0 aliphatic carbocycles. The highest BCUT2D eigenvalue weighted by molar-refractivity contribution is 7.92. The van der Waals surface area contributed by atoms with E-state index >= 15 is 0 Å². The van der Waals surface area contributed by atoms with Gasteiger partial charge in [-0.25, -0.2) is 8.42 Å². The minimum Gasteiger partial charge on any atom is -0.352 e. The Kier molecular flexibility index (Phi) is 12.3. The maximum absolute atomic E-state index is 13.9. The van der Waals surface area contributed by atoms with Crippen molar-refractivity contribution in [1.29, 1.82) is 0 Å². The summed E-state index contributed by atoms with van der Waals surface area (Å²) in [6, 6.07) is 21.0. The average Bonchev–Trinajstić information content (AvgIpc) is 2.94. The second-order valence-corrected chi connectivity index (χ2v) is 13.3. The zero-order chi connectivity index (χ0) is 30.9. The zero-order valence-corrected chi connectivity index (χ0v) is 26.8. The summed E-state index contributed by atoms with van der Waals surface area (Å²) in [5.41, 5.74) is 2.94. The smallest absolute Gasteiger partial charge is 0.243 e. The third kappa shape index (κ3) is 9.75. The molecule has 0 unspecified atom stereocenters. The summed E-state index contributed by atoms with van der Waals surface area (Å²) in [5, 5.41) is 4.00. The predicted molar refractivity (Wildman–Crippen MR) is 171 cm³/mol. The largest absolute Gasteiger partial charge is 0.352 e. The van der Waals surface area contributed by atoms with Crippen LogP contribution in [0.25, 0.3) is 0 Å². The fourth-order valence-corrected chi connectivity index (χ4v) is 6.05. The second kappa shape index (κ2) is 15.4. The molecule has 0 radical (unpaired) electrons. The number of carbonyl (C=O) groups is 2. The number of nitrogens with zero attached hydrogens (tertiary/aromatic N) is 2. The Bertz CT molecular complexity index is 1470. The second-order valence-electron chi connectivity index (χ2n) is 10.5. The van der Waals surface area contributed by atoms with Crippen LogP contribution in [0.15, 0.2) is 72.8 Å². The standard InChI is InChI=1S/C32H39Cl2N3O4S/c1-5-24(3)35-32(39)30(20-25-11-7-6-8-12-25)36(22-26-13-9-14-27(33)19-26)31(38)15-10-18-37(42(4,40)41)29-21-28(34)17-16-23(29)2/h6-9,11-14,16-17,19,21,24,30H,5,10,15,18,20,22H2,1-4H3,(H,35,39)/t24-,30-/m1/s1. The Balaban J connectivity index is 1.91. The van der Waals surface area contributed by atoms with Crippen molar-refractivity contribution >= 4 is 50.7 Å². The monoisotopic (exact) mass is 631 g/mol. The van der Waals surface area contributed by atoms with E-state index in [2.05, 4.69) is 5.32 Å². The van der Waals surface area contributed by atoms with Crippen LogP contribution in [0.4, 0.5) is 5.69 Å². The SMILES string of the molecule is CC[C@@H](C)NC(=O)[C@@H](Cc1ccccc1)N(Cc1cccc(Cl)c1)C(=O)CCCN(c1cc(Cl)ccc1C)S(C)(=O)=O. The molecule has 3 rings (SSSR count). The van der Waals surface area contributed by atoms with Gasteiger partial charge >= 0.3 is 0 Å². The Morgan fingerprint density at radius 3 is 2.24 bits per heavy atom. The van der Waals surface area contributed by atoms with Crippen LogP contribution in [0, 0.1) is 6.92 Å². The Hall–Kier alpha value is -3.07. The summed E-state index contributed by atoms with van der Waals surface area (Å²) >= 11 is 12.4. The van der Waals surface area contributed by atoms with Crippen LogP contribution < -0.4 is 9.62 Å². The van der Waals surface area contributed by atoms with Crippen molar-refractivity contribution in [3.8, 4) is 0 Å². The molecule has 2 amide bonds. The first-order valence-electron chi connectivity index (χ1n) is 14.0. The van der Waals surface area contributed by atoms with Crippen LogP contribution >= 0.6 is 23.2 Å². The number of benzene rings is 3. The van der Waals surface area contributed by atoms with Gasteiger partial charge in [0.1, 0.15) is 6.04 Å². The highest BCUT2D eigenvalue weighted by Gasteiger charge is 2.31. The molecule has 7 nitrogen and oxygen atoms in total. The van der Waals surface area contributed by atoms with E-state index in [0.29, 0.717) is 22.2 Å². The van der Waals surface area contributed by atoms with Crippen molar-refractivity contribution < 1.29 is 18.0 Å². The Morgan fingerprint density at radius 2 is 1.60 bits per heavy atom. The predicted octanol–water partition coefficient (Wildman–Crippen LogP) is 6.40. The third-order valence-corrected chi connectivity index (χ3v) is 8.76. The van der Waals surface area contributed by atoms with Crippen molar-refractivity contribution in [2.24, 2.45) is 0 Å². The third-order valence-electron chi connectivity index (χ3n) is 7.11. The number of nitrogens with one attached hydrogen (secondary N) is 1. The lowest BCUT2D eigenvalue weighted by Crippen LogP contribution is -2.52. The van der Waals surface area contributed by atoms with Crippen molar-refractivity contribution in [2.75, 3.05) is 17.1 Å². The van der Waals surface area contributed by atoms with Crippen LogP contribution in [0.2, 0.25) is 10.0 Å². The molecule has 42 heavy (non-hydrogen) atoms. The molecule has 10 heteroatoms.